The number of hydrogen-bond acceptors (Lipinski definition) is 3. The summed E-state index contributed by atoms with van der Waals surface area (Å²) < 4.78 is 0. The van der Waals surface area contributed by atoms with Crippen molar-refractivity contribution in [2.24, 2.45) is 10.7 Å². The molecule has 130 valence electrons. The minimum absolute atomic E-state index is 0. The number of piperazine rings is 1. The monoisotopic (exact) mass is 431 g/mol. The molecular formula is C17H30IN5. The van der Waals surface area contributed by atoms with E-state index in [1.54, 1.807) is 0 Å². The van der Waals surface area contributed by atoms with E-state index in [9.17, 15) is 0 Å². The van der Waals surface area contributed by atoms with Gasteiger partial charge in [0.05, 0.1) is 6.54 Å². The molecule has 1 heterocycles. The largest absolute Gasteiger partial charge is 0.370 e. The van der Waals surface area contributed by atoms with Crippen molar-refractivity contribution < 1.29 is 0 Å². The number of guanidine groups is 1. The lowest BCUT2D eigenvalue weighted by Crippen LogP contribution is -2.45. The summed E-state index contributed by atoms with van der Waals surface area (Å²) in [5.41, 5.74) is 8.52. The van der Waals surface area contributed by atoms with Gasteiger partial charge in [0.25, 0.3) is 0 Å². The molecule has 0 atom stereocenters. The highest BCUT2D eigenvalue weighted by Gasteiger charge is 2.16. The molecule has 0 bridgehead atoms. The molecule has 1 fully saturated rings. The van der Waals surface area contributed by atoms with Crippen molar-refractivity contribution in [1.29, 1.82) is 0 Å². The lowest BCUT2D eigenvalue weighted by Gasteiger charge is -2.34. The maximum atomic E-state index is 5.89. The molecule has 0 amide bonds. The Kier molecular flexibility index (Phi) is 8.86. The van der Waals surface area contributed by atoms with Crippen LogP contribution in [0.15, 0.2) is 29.3 Å². The standard InChI is InChI=1S/C17H29N5.HI/c1-4-21-9-11-22(12-10-21)14-16-8-6-5-7-15(16)13-19-17(18)20(2)3;/h5-8H,4,9-14H2,1-3H3,(H2,18,19);1H. The van der Waals surface area contributed by atoms with E-state index >= 15 is 0 Å². The van der Waals surface area contributed by atoms with Crippen LogP contribution in [0.5, 0.6) is 0 Å². The molecule has 1 saturated heterocycles. The molecule has 1 aliphatic heterocycles. The summed E-state index contributed by atoms with van der Waals surface area (Å²) in [7, 11) is 3.83. The van der Waals surface area contributed by atoms with E-state index in [1.165, 1.54) is 24.2 Å². The van der Waals surface area contributed by atoms with Gasteiger partial charge in [-0.1, -0.05) is 31.2 Å². The Morgan fingerprint density at radius 2 is 1.65 bits per heavy atom. The SMILES string of the molecule is CCN1CCN(Cc2ccccc2CN=C(N)N(C)C)CC1.I. The van der Waals surface area contributed by atoms with Crippen LogP contribution in [0, 0.1) is 0 Å². The molecule has 1 aliphatic rings. The minimum atomic E-state index is 0. The first kappa shape index (κ1) is 20.2. The number of likely N-dealkylation sites (N-methyl/N-ethyl adjacent to an activating group) is 1. The van der Waals surface area contributed by atoms with Crippen molar-refractivity contribution in [3.63, 3.8) is 0 Å². The number of benzene rings is 1. The van der Waals surface area contributed by atoms with E-state index in [-0.39, 0.29) is 24.0 Å². The van der Waals surface area contributed by atoms with E-state index in [1.807, 2.05) is 19.0 Å². The Bertz CT molecular complexity index is 496. The van der Waals surface area contributed by atoms with Crippen LogP contribution in [0.3, 0.4) is 0 Å². The van der Waals surface area contributed by atoms with Crippen LogP contribution in [0.1, 0.15) is 18.1 Å². The molecule has 2 N–H and O–H groups in total. The first-order valence-electron chi connectivity index (χ1n) is 8.09. The van der Waals surface area contributed by atoms with Gasteiger partial charge in [0.1, 0.15) is 0 Å². The fourth-order valence-electron chi connectivity index (χ4n) is 2.68. The zero-order valence-corrected chi connectivity index (χ0v) is 16.9. The normalized spacial score (nSPS) is 16.9. The van der Waals surface area contributed by atoms with E-state index in [0.717, 1.165) is 26.2 Å². The maximum absolute atomic E-state index is 5.89. The summed E-state index contributed by atoms with van der Waals surface area (Å²) >= 11 is 0. The topological polar surface area (TPSA) is 48.1 Å². The summed E-state index contributed by atoms with van der Waals surface area (Å²) in [6.45, 7) is 9.67. The van der Waals surface area contributed by atoms with Crippen LogP contribution in [-0.4, -0.2) is 67.5 Å². The third-order valence-electron chi connectivity index (χ3n) is 4.29. The molecule has 0 radical (unpaired) electrons. The van der Waals surface area contributed by atoms with Gasteiger partial charge in [0, 0.05) is 46.8 Å². The average Bonchev–Trinajstić information content (AvgIpc) is 2.54. The summed E-state index contributed by atoms with van der Waals surface area (Å²) in [6.07, 6.45) is 0. The van der Waals surface area contributed by atoms with Gasteiger partial charge in [-0.15, -0.1) is 24.0 Å². The fourth-order valence-corrected chi connectivity index (χ4v) is 2.68. The molecule has 0 spiro atoms. The van der Waals surface area contributed by atoms with Gasteiger partial charge in [-0.25, -0.2) is 4.99 Å². The van der Waals surface area contributed by atoms with E-state index in [2.05, 4.69) is 46.0 Å². The van der Waals surface area contributed by atoms with Crippen molar-refractivity contribution in [2.45, 2.75) is 20.0 Å². The smallest absolute Gasteiger partial charge is 0.191 e. The van der Waals surface area contributed by atoms with E-state index in [4.69, 9.17) is 5.73 Å². The number of nitrogens with zero attached hydrogens (tertiary/aromatic N) is 4. The number of halogens is 1. The van der Waals surface area contributed by atoms with Crippen molar-refractivity contribution in [2.75, 3.05) is 46.8 Å². The van der Waals surface area contributed by atoms with Crippen LogP contribution >= 0.6 is 24.0 Å². The van der Waals surface area contributed by atoms with Crippen LogP contribution in [0.2, 0.25) is 0 Å². The Balaban J connectivity index is 0.00000264. The molecule has 5 nitrogen and oxygen atoms in total. The molecule has 0 unspecified atom stereocenters. The third kappa shape index (κ3) is 6.27. The molecule has 1 aromatic carbocycles. The number of aliphatic imine (C=N–C) groups is 1. The Morgan fingerprint density at radius 1 is 1.09 bits per heavy atom. The van der Waals surface area contributed by atoms with E-state index < -0.39 is 0 Å². The van der Waals surface area contributed by atoms with Gasteiger partial charge in [-0.3, -0.25) is 4.90 Å². The molecule has 0 aliphatic carbocycles. The number of nitrogens with two attached hydrogens (primary N) is 1. The predicted molar refractivity (Wildman–Crippen MR) is 108 cm³/mol. The quantitative estimate of drug-likeness (QED) is 0.439. The zero-order valence-electron chi connectivity index (χ0n) is 14.5. The fraction of sp³-hybridized carbons (Fsp3) is 0.588. The third-order valence-corrected chi connectivity index (χ3v) is 4.29. The summed E-state index contributed by atoms with van der Waals surface area (Å²) in [5.74, 6) is 0.575. The van der Waals surface area contributed by atoms with Gasteiger partial charge >= 0.3 is 0 Å². The lowest BCUT2D eigenvalue weighted by molar-refractivity contribution is 0.131. The van der Waals surface area contributed by atoms with Crippen molar-refractivity contribution in [1.82, 2.24) is 14.7 Å². The summed E-state index contributed by atoms with van der Waals surface area (Å²) in [5, 5.41) is 0. The van der Waals surface area contributed by atoms with Crippen molar-refractivity contribution in [3.8, 4) is 0 Å². The van der Waals surface area contributed by atoms with Gasteiger partial charge < -0.3 is 15.5 Å². The summed E-state index contributed by atoms with van der Waals surface area (Å²) in [4.78, 5) is 11.3. The van der Waals surface area contributed by atoms with Crippen molar-refractivity contribution in [3.05, 3.63) is 35.4 Å². The van der Waals surface area contributed by atoms with Crippen LogP contribution in [0.4, 0.5) is 0 Å². The Morgan fingerprint density at radius 3 is 2.22 bits per heavy atom. The lowest BCUT2D eigenvalue weighted by atomic mass is 10.1. The highest BCUT2D eigenvalue weighted by atomic mass is 127. The highest BCUT2D eigenvalue weighted by molar-refractivity contribution is 14.0. The Hall–Kier alpha value is -0.860. The zero-order chi connectivity index (χ0) is 15.9. The molecule has 23 heavy (non-hydrogen) atoms. The molecule has 1 aromatic rings. The predicted octanol–water partition coefficient (Wildman–Crippen LogP) is 1.82. The van der Waals surface area contributed by atoms with Gasteiger partial charge in [0.2, 0.25) is 0 Å². The number of hydrogen-bond donors (Lipinski definition) is 1. The van der Waals surface area contributed by atoms with Crippen LogP contribution in [0.25, 0.3) is 0 Å². The van der Waals surface area contributed by atoms with Crippen LogP contribution in [-0.2, 0) is 13.1 Å². The second-order valence-corrected chi connectivity index (χ2v) is 6.05. The highest BCUT2D eigenvalue weighted by Crippen LogP contribution is 2.14. The molecule has 0 saturated carbocycles. The van der Waals surface area contributed by atoms with Crippen LogP contribution < -0.4 is 5.73 Å². The second-order valence-electron chi connectivity index (χ2n) is 6.05. The molecular weight excluding hydrogens is 401 g/mol. The minimum Gasteiger partial charge on any atom is -0.370 e. The second kappa shape index (κ2) is 10.1. The maximum Gasteiger partial charge on any atom is 0.191 e. The number of rotatable bonds is 5. The first-order chi connectivity index (χ1) is 10.6. The van der Waals surface area contributed by atoms with Gasteiger partial charge in [-0.05, 0) is 17.7 Å². The molecule has 0 aromatic heterocycles. The average molecular weight is 431 g/mol. The van der Waals surface area contributed by atoms with Gasteiger partial charge in [-0.2, -0.15) is 0 Å². The first-order valence-corrected chi connectivity index (χ1v) is 8.09. The Labute approximate surface area is 157 Å². The van der Waals surface area contributed by atoms with Crippen molar-refractivity contribution >= 4 is 29.9 Å². The van der Waals surface area contributed by atoms with Gasteiger partial charge in [0.15, 0.2) is 5.96 Å². The molecule has 6 heteroatoms. The summed E-state index contributed by atoms with van der Waals surface area (Å²) in [6, 6.07) is 8.56. The molecule has 2 rings (SSSR count). The van der Waals surface area contributed by atoms with E-state index in [0.29, 0.717) is 12.5 Å².